The fourth-order valence-electron chi connectivity index (χ4n) is 1.95. The number of benzene rings is 1. The predicted octanol–water partition coefficient (Wildman–Crippen LogP) is 4.32. The third kappa shape index (κ3) is 4.52. The summed E-state index contributed by atoms with van der Waals surface area (Å²) in [6, 6.07) is 8.02. The molecule has 0 fully saturated rings. The molecule has 24 heavy (non-hydrogen) atoms. The molecule has 0 unspecified atom stereocenters. The topological polar surface area (TPSA) is 68.5 Å². The summed E-state index contributed by atoms with van der Waals surface area (Å²) < 4.78 is 10.6. The lowest BCUT2D eigenvalue weighted by Gasteiger charge is -2.12. The first-order valence-electron chi connectivity index (χ1n) is 7.46. The summed E-state index contributed by atoms with van der Waals surface area (Å²) >= 11 is 12.0. The van der Waals surface area contributed by atoms with Crippen LogP contribution >= 0.6 is 23.2 Å². The molecule has 0 saturated heterocycles. The third-order valence-corrected chi connectivity index (χ3v) is 3.75. The van der Waals surface area contributed by atoms with Gasteiger partial charge in [-0.3, -0.25) is 4.79 Å². The van der Waals surface area contributed by atoms with Crippen LogP contribution in [0.2, 0.25) is 10.0 Å². The number of furan rings is 1. The van der Waals surface area contributed by atoms with Crippen molar-refractivity contribution in [2.75, 3.05) is 6.54 Å². The van der Waals surface area contributed by atoms with Crippen LogP contribution < -0.4 is 5.32 Å². The zero-order valence-corrected chi connectivity index (χ0v) is 14.8. The highest BCUT2D eigenvalue weighted by Gasteiger charge is 2.21. The molecule has 1 aromatic carbocycles. The molecule has 2 rings (SSSR count). The Kier molecular flexibility index (Phi) is 6.29. The van der Waals surface area contributed by atoms with E-state index >= 15 is 0 Å². The molecular formula is C17H17Cl2NO4. The second kappa shape index (κ2) is 8.22. The summed E-state index contributed by atoms with van der Waals surface area (Å²) in [5, 5.41) is 3.56. The van der Waals surface area contributed by atoms with E-state index in [0.29, 0.717) is 27.9 Å². The van der Waals surface area contributed by atoms with Crippen LogP contribution in [0.4, 0.5) is 0 Å². The van der Waals surface area contributed by atoms with Gasteiger partial charge in [-0.05, 0) is 43.7 Å². The first-order valence-corrected chi connectivity index (χ1v) is 8.22. The maximum atomic E-state index is 12.1. The summed E-state index contributed by atoms with van der Waals surface area (Å²) in [4.78, 5) is 23.8. The quantitative estimate of drug-likeness (QED) is 0.769. The van der Waals surface area contributed by atoms with Crippen molar-refractivity contribution < 1.29 is 18.7 Å². The summed E-state index contributed by atoms with van der Waals surface area (Å²) in [6.07, 6.45) is -0.104. The Labute approximate surface area is 149 Å². The van der Waals surface area contributed by atoms with Crippen LogP contribution in [-0.4, -0.2) is 24.5 Å². The fraction of sp³-hybridized carbons (Fsp3) is 0.294. The van der Waals surface area contributed by atoms with Crippen molar-refractivity contribution in [3.63, 3.8) is 0 Å². The highest BCUT2D eigenvalue weighted by atomic mass is 35.5. The Morgan fingerprint density at radius 2 is 2.00 bits per heavy atom. The van der Waals surface area contributed by atoms with Gasteiger partial charge in [-0.25, -0.2) is 4.79 Å². The summed E-state index contributed by atoms with van der Waals surface area (Å²) in [6.45, 7) is 3.97. The molecule has 0 radical (unpaired) electrons. The van der Waals surface area contributed by atoms with Gasteiger partial charge in [0.2, 0.25) is 5.76 Å². The molecule has 0 aliphatic rings. The average molecular weight is 370 g/mol. The first kappa shape index (κ1) is 18.4. The minimum Gasteiger partial charge on any atom is -0.449 e. The molecule has 1 heterocycles. The average Bonchev–Trinajstić information content (AvgIpc) is 3.02. The van der Waals surface area contributed by atoms with Gasteiger partial charge < -0.3 is 14.5 Å². The predicted molar refractivity (Wildman–Crippen MR) is 92.3 cm³/mol. The molecule has 1 N–H and O–H groups in total. The maximum absolute atomic E-state index is 12.1. The van der Waals surface area contributed by atoms with Crippen molar-refractivity contribution in [1.82, 2.24) is 5.32 Å². The van der Waals surface area contributed by atoms with Gasteiger partial charge >= 0.3 is 5.97 Å². The Bertz CT molecular complexity index is 742. The zero-order chi connectivity index (χ0) is 17.7. The van der Waals surface area contributed by atoms with Crippen molar-refractivity contribution in [2.24, 2.45) is 0 Å². The zero-order valence-electron chi connectivity index (χ0n) is 13.3. The van der Waals surface area contributed by atoms with E-state index in [9.17, 15) is 9.59 Å². The van der Waals surface area contributed by atoms with Gasteiger partial charge in [0.05, 0.1) is 5.02 Å². The van der Waals surface area contributed by atoms with Crippen LogP contribution in [-0.2, 0) is 9.53 Å². The summed E-state index contributed by atoms with van der Waals surface area (Å²) in [5.74, 6) is -0.666. The molecule has 5 nitrogen and oxygen atoms in total. The number of halogens is 2. The maximum Gasteiger partial charge on any atom is 0.375 e. The minimum absolute atomic E-state index is 0.00819. The van der Waals surface area contributed by atoms with Gasteiger partial charge in [-0.15, -0.1) is 0 Å². The Morgan fingerprint density at radius 3 is 2.67 bits per heavy atom. The van der Waals surface area contributed by atoms with Crippen LogP contribution in [0.15, 0.2) is 34.7 Å². The molecule has 1 aromatic heterocycles. The highest BCUT2D eigenvalue weighted by molar-refractivity contribution is 6.36. The normalized spacial score (nSPS) is 11.8. The van der Waals surface area contributed by atoms with E-state index < -0.39 is 12.1 Å². The van der Waals surface area contributed by atoms with Gasteiger partial charge in [-0.2, -0.15) is 0 Å². The largest absolute Gasteiger partial charge is 0.449 e. The molecule has 0 bridgehead atoms. The van der Waals surface area contributed by atoms with E-state index in [1.54, 1.807) is 24.3 Å². The number of ether oxygens (including phenoxy) is 1. The Hall–Kier alpha value is -1.98. The molecule has 0 saturated carbocycles. The number of rotatable bonds is 6. The van der Waals surface area contributed by atoms with Crippen LogP contribution in [0, 0.1) is 0 Å². The molecule has 7 heteroatoms. The molecule has 0 aliphatic heterocycles. The first-order chi connectivity index (χ1) is 11.4. The lowest BCUT2D eigenvalue weighted by molar-refractivity contribution is -0.129. The highest BCUT2D eigenvalue weighted by Crippen LogP contribution is 2.31. The second-order valence-electron chi connectivity index (χ2n) is 5.13. The minimum atomic E-state index is -0.906. The van der Waals surface area contributed by atoms with E-state index in [4.69, 9.17) is 32.4 Å². The van der Waals surface area contributed by atoms with Crippen molar-refractivity contribution in [2.45, 2.75) is 26.4 Å². The van der Waals surface area contributed by atoms with Crippen LogP contribution in [0.25, 0.3) is 11.3 Å². The SMILES string of the molecule is CCCNC(=O)[C@@H](C)OC(=O)c1ccc(-c2ccc(Cl)cc2Cl)o1. The van der Waals surface area contributed by atoms with Crippen LogP contribution in [0.3, 0.4) is 0 Å². The smallest absolute Gasteiger partial charge is 0.375 e. The molecule has 1 atom stereocenters. The third-order valence-electron chi connectivity index (χ3n) is 3.21. The Balaban J connectivity index is 2.07. The molecule has 2 aromatic rings. The van der Waals surface area contributed by atoms with Gasteiger partial charge in [0.15, 0.2) is 6.10 Å². The fourth-order valence-corrected chi connectivity index (χ4v) is 2.45. The monoisotopic (exact) mass is 369 g/mol. The second-order valence-corrected chi connectivity index (χ2v) is 5.97. The number of carbonyl (C=O) groups excluding carboxylic acids is 2. The summed E-state index contributed by atoms with van der Waals surface area (Å²) in [5.41, 5.74) is 0.605. The number of esters is 1. The standard InChI is InChI=1S/C17H17Cl2NO4/c1-3-8-20-16(21)10(2)23-17(22)15-7-6-14(24-15)12-5-4-11(18)9-13(12)19/h4-7,9-10H,3,8H2,1-2H3,(H,20,21)/t10-/m1/s1. The van der Waals surface area contributed by atoms with Gasteiger partial charge in [0.25, 0.3) is 5.91 Å². The number of carbonyl (C=O) groups is 2. The number of hydrogen-bond acceptors (Lipinski definition) is 4. The van der Waals surface area contributed by atoms with Gasteiger partial charge in [0, 0.05) is 17.1 Å². The number of nitrogens with one attached hydrogen (secondary N) is 1. The molecule has 0 aliphatic carbocycles. The number of amides is 1. The van der Waals surface area contributed by atoms with E-state index in [-0.39, 0.29) is 11.7 Å². The molecule has 1 amide bonds. The van der Waals surface area contributed by atoms with Crippen LogP contribution in [0.5, 0.6) is 0 Å². The van der Waals surface area contributed by atoms with E-state index in [2.05, 4.69) is 5.32 Å². The Morgan fingerprint density at radius 1 is 1.25 bits per heavy atom. The van der Waals surface area contributed by atoms with E-state index in [1.807, 2.05) is 6.92 Å². The summed E-state index contributed by atoms with van der Waals surface area (Å²) in [7, 11) is 0. The van der Waals surface area contributed by atoms with Crippen LogP contribution in [0.1, 0.15) is 30.8 Å². The van der Waals surface area contributed by atoms with E-state index in [0.717, 1.165) is 6.42 Å². The molecule has 0 spiro atoms. The lowest BCUT2D eigenvalue weighted by atomic mass is 10.2. The van der Waals surface area contributed by atoms with Crippen molar-refractivity contribution in [3.8, 4) is 11.3 Å². The van der Waals surface area contributed by atoms with Gasteiger partial charge in [0.1, 0.15) is 5.76 Å². The number of hydrogen-bond donors (Lipinski definition) is 1. The van der Waals surface area contributed by atoms with Crippen molar-refractivity contribution in [1.29, 1.82) is 0 Å². The van der Waals surface area contributed by atoms with Crippen molar-refractivity contribution in [3.05, 3.63) is 46.1 Å². The lowest BCUT2D eigenvalue weighted by Crippen LogP contribution is -2.36. The van der Waals surface area contributed by atoms with Gasteiger partial charge in [-0.1, -0.05) is 30.1 Å². The van der Waals surface area contributed by atoms with Crippen molar-refractivity contribution >= 4 is 35.1 Å². The molecular weight excluding hydrogens is 353 g/mol. The van der Waals surface area contributed by atoms with E-state index in [1.165, 1.54) is 13.0 Å². The molecule has 128 valence electrons.